The molecule has 2 aromatic rings. The van der Waals surface area contributed by atoms with Crippen LogP contribution in [0.3, 0.4) is 0 Å². The van der Waals surface area contributed by atoms with Gasteiger partial charge in [0, 0.05) is 12.5 Å². The highest BCUT2D eigenvalue weighted by atomic mass is 16.7. The summed E-state index contributed by atoms with van der Waals surface area (Å²) >= 11 is 0. The first kappa shape index (κ1) is 12.5. The quantitative estimate of drug-likeness (QED) is 0.905. The Labute approximate surface area is 114 Å². The maximum atomic E-state index is 10.6. The molecule has 0 unspecified atom stereocenters. The Balaban J connectivity index is 1.89. The van der Waals surface area contributed by atoms with Crippen LogP contribution in [0.4, 0.5) is 0 Å². The number of aliphatic carboxylic acids is 1. The van der Waals surface area contributed by atoms with E-state index in [0.717, 1.165) is 11.4 Å². The Morgan fingerprint density at radius 1 is 1.40 bits per heavy atom. The molecule has 7 heteroatoms. The van der Waals surface area contributed by atoms with Crippen molar-refractivity contribution in [2.24, 2.45) is 0 Å². The summed E-state index contributed by atoms with van der Waals surface area (Å²) in [6, 6.07) is 5.50. The monoisotopic (exact) mass is 275 g/mol. The third-order valence-electron chi connectivity index (χ3n) is 3.17. The largest absolute Gasteiger partial charge is 0.481 e. The van der Waals surface area contributed by atoms with E-state index in [1.165, 1.54) is 0 Å². The number of nitrogens with zero attached hydrogens (tertiary/aromatic N) is 3. The van der Waals surface area contributed by atoms with E-state index in [4.69, 9.17) is 14.6 Å². The molecule has 2 heterocycles. The molecular weight excluding hydrogens is 262 g/mol. The van der Waals surface area contributed by atoms with E-state index in [9.17, 15) is 4.79 Å². The Morgan fingerprint density at radius 2 is 2.20 bits per heavy atom. The van der Waals surface area contributed by atoms with Crippen LogP contribution in [0.15, 0.2) is 18.2 Å². The van der Waals surface area contributed by atoms with Crippen LogP contribution in [0.1, 0.15) is 17.8 Å². The average Bonchev–Trinajstić information content (AvgIpc) is 3.02. The summed E-state index contributed by atoms with van der Waals surface area (Å²) in [5.41, 5.74) is 2.32. The number of aromatic nitrogens is 3. The first-order valence-corrected chi connectivity index (χ1v) is 6.18. The van der Waals surface area contributed by atoms with Crippen LogP contribution in [0.25, 0.3) is 5.69 Å². The lowest BCUT2D eigenvalue weighted by molar-refractivity contribution is -0.136. The zero-order chi connectivity index (χ0) is 14.1. The Kier molecular flexibility index (Phi) is 3.02. The van der Waals surface area contributed by atoms with Gasteiger partial charge >= 0.3 is 5.97 Å². The fraction of sp³-hybridized carbons (Fsp3) is 0.308. The highest BCUT2D eigenvalue weighted by Gasteiger charge is 2.16. The summed E-state index contributed by atoms with van der Waals surface area (Å²) in [5, 5.41) is 16.8. The third kappa shape index (κ3) is 2.18. The van der Waals surface area contributed by atoms with Gasteiger partial charge in [0.05, 0.1) is 23.5 Å². The van der Waals surface area contributed by atoms with Crippen molar-refractivity contribution in [2.45, 2.75) is 19.8 Å². The second-order valence-corrected chi connectivity index (χ2v) is 4.46. The highest BCUT2D eigenvalue weighted by Crippen LogP contribution is 2.33. The normalized spacial score (nSPS) is 12.7. The molecule has 0 radical (unpaired) electrons. The minimum absolute atomic E-state index is 0.0423. The second-order valence-electron chi connectivity index (χ2n) is 4.46. The molecule has 1 N–H and O–H groups in total. The number of hydrogen-bond acceptors (Lipinski definition) is 5. The van der Waals surface area contributed by atoms with Gasteiger partial charge in [-0.05, 0) is 19.1 Å². The molecule has 1 aromatic heterocycles. The predicted molar refractivity (Wildman–Crippen MR) is 68.2 cm³/mol. The van der Waals surface area contributed by atoms with Gasteiger partial charge in [0.1, 0.15) is 0 Å². The molecule has 3 rings (SSSR count). The lowest BCUT2D eigenvalue weighted by Crippen LogP contribution is -2.01. The van der Waals surface area contributed by atoms with Crippen LogP contribution in [0, 0.1) is 6.92 Å². The zero-order valence-electron chi connectivity index (χ0n) is 10.9. The number of carboxylic acids is 1. The fourth-order valence-electron chi connectivity index (χ4n) is 2.08. The van der Waals surface area contributed by atoms with Crippen molar-refractivity contribution in [2.75, 3.05) is 6.79 Å². The number of ether oxygens (including phenoxy) is 2. The number of aryl methyl sites for hydroxylation is 1. The van der Waals surface area contributed by atoms with E-state index >= 15 is 0 Å². The van der Waals surface area contributed by atoms with Gasteiger partial charge in [0.15, 0.2) is 11.5 Å². The van der Waals surface area contributed by atoms with E-state index in [1.807, 2.05) is 25.1 Å². The van der Waals surface area contributed by atoms with Crippen molar-refractivity contribution < 1.29 is 19.4 Å². The number of carboxylic acid groups (broad SMARTS) is 1. The molecular formula is C13H13N3O4. The van der Waals surface area contributed by atoms with Crippen molar-refractivity contribution in [1.29, 1.82) is 0 Å². The van der Waals surface area contributed by atoms with Gasteiger partial charge in [-0.3, -0.25) is 4.79 Å². The topological polar surface area (TPSA) is 86.5 Å². The minimum atomic E-state index is -0.845. The van der Waals surface area contributed by atoms with Crippen molar-refractivity contribution in [3.63, 3.8) is 0 Å². The van der Waals surface area contributed by atoms with Gasteiger partial charge in [-0.2, -0.15) is 0 Å². The van der Waals surface area contributed by atoms with Gasteiger partial charge in [-0.15, -0.1) is 5.10 Å². The molecule has 0 saturated heterocycles. The van der Waals surface area contributed by atoms with Gasteiger partial charge in [0.2, 0.25) is 6.79 Å². The Morgan fingerprint density at radius 3 is 3.00 bits per heavy atom. The maximum Gasteiger partial charge on any atom is 0.303 e. The number of carbonyl (C=O) groups is 1. The highest BCUT2D eigenvalue weighted by molar-refractivity contribution is 5.67. The first-order chi connectivity index (χ1) is 9.65. The average molecular weight is 275 g/mol. The van der Waals surface area contributed by atoms with Crippen molar-refractivity contribution in [1.82, 2.24) is 15.0 Å². The maximum absolute atomic E-state index is 10.6. The van der Waals surface area contributed by atoms with Crippen LogP contribution in [0.5, 0.6) is 11.5 Å². The van der Waals surface area contributed by atoms with Gasteiger partial charge in [-0.1, -0.05) is 5.21 Å². The van der Waals surface area contributed by atoms with Crippen LogP contribution in [0.2, 0.25) is 0 Å². The molecule has 20 heavy (non-hydrogen) atoms. The minimum Gasteiger partial charge on any atom is -0.481 e. The van der Waals surface area contributed by atoms with Crippen molar-refractivity contribution in [3.05, 3.63) is 29.6 Å². The SMILES string of the molecule is Cc1c(CCC(=O)O)nnn1-c1ccc2c(c1)OCO2. The molecule has 0 aliphatic carbocycles. The number of fused-ring (bicyclic) bond motifs is 1. The molecule has 0 amide bonds. The molecule has 1 aliphatic heterocycles. The summed E-state index contributed by atoms with van der Waals surface area (Å²) in [4.78, 5) is 10.6. The fourth-order valence-corrected chi connectivity index (χ4v) is 2.08. The number of hydrogen-bond donors (Lipinski definition) is 1. The van der Waals surface area contributed by atoms with Crippen LogP contribution in [-0.2, 0) is 11.2 Å². The van der Waals surface area contributed by atoms with Gasteiger partial charge in [0.25, 0.3) is 0 Å². The van der Waals surface area contributed by atoms with Gasteiger partial charge < -0.3 is 14.6 Å². The second kappa shape index (κ2) is 4.84. The van der Waals surface area contributed by atoms with Gasteiger partial charge in [-0.25, -0.2) is 4.68 Å². The standard InChI is InChI=1S/C13H13N3O4/c1-8-10(3-5-13(17)18)14-15-16(8)9-2-4-11-12(6-9)20-7-19-11/h2,4,6H,3,5,7H2,1H3,(H,17,18). The molecule has 0 atom stereocenters. The molecule has 0 bridgehead atoms. The lowest BCUT2D eigenvalue weighted by Gasteiger charge is -2.04. The Bertz CT molecular complexity index is 666. The van der Waals surface area contributed by atoms with E-state index in [-0.39, 0.29) is 13.2 Å². The van der Waals surface area contributed by atoms with Crippen LogP contribution in [-0.4, -0.2) is 32.9 Å². The molecule has 1 aliphatic rings. The van der Waals surface area contributed by atoms with E-state index in [1.54, 1.807) is 4.68 Å². The Hall–Kier alpha value is -2.57. The summed E-state index contributed by atoms with van der Waals surface area (Å²) in [7, 11) is 0. The molecule has 7 nitrogen and oxygen atoms in total. The molecule has 104 valence electrons. The molecule has 0 fully saturated rings. The van der Waals surface area contributed by atoms with Crippen LogP contribution < -0.4 is 9.47 Å². The van der Waals surface area contributed by atoms with Crippen molar-refractivity contribution in [3.8, 4) is 17.2 Å². The zero-order valence-corrected chi connectivity index (χ0v) is 10.9. The van der Waals surface area contributed by atoms with E-state index in [2.05, 4.69) is 10.3 Å². The number of rotatable bonds is 4. The van der Waals surface area contributed by atoms with E-state index < -0.39 is 5.97 Å². The number of benzene rings is 1. The summed E-state index contributed by atoms with van der Waals surface area (Å²) in [6.07, 6.45) is 0.409. The smallest absolute Gasteiger partial charge is 0.303 e. The third-order valence-corrected chi connectivity index (χ3v) is 3.17. The molecule has 0 saturated carbocycles. The molecule has 0 spiro atoms. The predicted octanol–water partition coefficient (Wildman–Crippen LogP) is 1.32. The summed E-state index contributed by atoms with van der Waals surface area (Å²) in [5.74, 6) is 0.532. The molecule has 1 aromatic carbocycles. The van der Waals surface area contributed by atoms with Crippen LogP contribution >= 0.6 is 0 Å². The lowest BCUT2D eigenvalue weighted by atomic mass is 10.2. The van der Waals surface area contributed by atoms with Crippen molar-refractivity contribution >= 4 is 5.97 Å². The first-order valence-electron chi connectivity index (χ1n) is 6.18. The van der Waals surface area contributed by atoms with E-state index in [0.29, 0.717) is 23.6 Å². The summed E-state index contributed by atoms with van der Waals surface area (Å²) < 4.78 is 12.2. The summed E-state index contributed by atoms with van der Waals surface area (Å²) in [6.45, 7) is 2.08.